The number of benzene rings is 1. The Hall–Kier alpha value is -1.87. The summed E-state index contributed by atoms with van der Waals surface area (Å²) in [7, 11) is 0. The normalized spacial score (nSPS) is 19.2. The minimum absolute atomic E-state index is 0.578. The maximum absolute atomic E-state index is 5.34. The van der Waals surface area contributed by atoms with Crippen molar-refractivity contribution in [3.63, 3.8) is 0 Å². The highest BCUT2D eigenvalue weighted by molar-refractivity contribution is 5.69. The van der Waals surface area contributed by atoms with E-state index < -0.39 is 0 Å². The second-order valence-corrected chi connectivity index (χ2v) is 6.11. The SMILES string of the molecule is CCC1CC(c2c(C)noc2C)=CCN1Cc1ccccc1. The fraction of sp³-hybridized carbons (Fsp3) is 0.421. The van der Waals surface area contributed by atoms with Crippen molar-refractivity contribution in [1.82, 2.24) is 10.1 Å². The molecule has 0 saturated carbocycles. The number of hydrogen-bond acceptors (Lipinski definition) is 3. The topological polar surface area (TPSA) is 29.3 Å². The fourth-order valence-corrected chi connectivity index (χ4v) is 3.40. The predicted molar refractivity (Wildman–Crippen MR) is 89.5 cm³/mol. The molecule has 1 aliphatic heterocycles. The molecule has 0 bridgehead atoms. The van der Waals surface area contributed by atoms with Crippen molar-refractivity contribution in [3.8, 4) is 0 Å². The van der Waals surface area contributed by atoms with Gasteiger partial charge in [0, 0.05) is 24.7 Å². The average Bonchev–Trinajstić information content (AvgIpc) is 2.88. The third-order valence-electron chi connectivity index (χ3n) is 4.60. The quantitative estimate of drug-likeness (QED) is 0.839. The van der Waals surface area contributed by atoms with Gasteiger partial charge in [-0.25, -0.2) is 0 Å². The summed E-state index contributed by atoms with van der Waals surface area (Å²) in [6.07, 6.45) is 4.58. The predicted octanol–water partition coefficient (Wildman–Crippen LogP) is 4.36. The summed E-state index contributed by atoms with van der Waals surface area (Å²) in [5.41, 5.74) is 5.01. The highest BCUT2D eigenvalue weighted by Gasteiger charge is 2.25. The van der Waals surface area contributed by atoms with Gasteiger partial charge in [0.2, 0.25) is 0 Å². The number of nitrogens with zero attached hydrogens (tertiary/aromatic N) is 2. The summed E-state index contributed by atoms with van der Waals surface area (Å²) in [6, 6.07) is 11.3. The Morgan fingerprint density at radius 2 is 2.00 bits per heavy atom. The van der Waals surface area contributed by atoms with E-state index in [0.29, 0.717) is 6.04 Å². The Balaban J connectivity index is 1.80. The van der Waals surface area contributed by atoms with Crippen LogP contribution in [0.3, 0.4) is 0 Å². The van der Waals surface area contributed by atoms with E-state index in [4.69, 9.17) is 4.52 Å². The van der Waals surface area contributed by atoms with Crippen molar-refractivity contribution in [2.75, 3.05) is 6.54 Å². The molecule has 0 spiro atoms. The number of hydrogen-bond donors (Lipinski definition) is 0. The van der Waals surface area contributed by atoms with Crippen LogP contribution in [0.5, 0.6) is 0 Å². The molecule has 2 aromatic rings. The molecule has 0 amide bonds. The van der Waals surface area contributed by atoms with E-state index >= 15 is 0 Å². The third kappa shape index (κ3) is 3.00. The lowest BCUT2D eigenvalue weighted by molar-refractivity contribution is 0.198. The highest BCUT2D eigenvalue weighted by Crippen LogP contribution is 2.32. The number of rotatable bonds is 4. The Labute approximate surface area is 132 Å². The molecule has 0 N–H and O–H groups in total. The van der Waals surface area contributed by atoms with Gasteiger partial charge >= 0.3 is 0 Å². The largest absolute Gasteiger partial charge is 0.361 e. The molecule has 0 radical (unpaired) electrons. The Morgan fingerprint density at radius 1 is 1.23 bits per heavy atom. The lowest BCUT2D eigenvalue weighted by atomic mass is 9.91. The monoisotopic (exact) mass is 296 g/mol. The van der Waals surface area contributed by atoms with Gasteiger partial charge in [-0.1, -0.05) is 48.5 Å². The van der Waals surface area contributed by atoms with Crippen molar-refractivity contribution >= 4 is 5.57 Å². The Bertz CT molecular complexity index is 638. The van der Waals surface area contributed by atoms with E-state index in [1.54, 1.807) is 0 Å². The second-order valence-electron chi connectivity index (χ2n) is 6.11. The van der Waals surface area contributed by atoms with E-state index in [1.807, 2.05) is 13.8 Å². The van der Waals surface area contributed by atoms with Gasteiger partial charge in [-0.2, -0.15) is 0 Å². The Morgan fingerprint density at radius 3 is 2.64 bits per heavy atom. The van der Waals surface area contributed by atoms with Gasteiger partial charge in [-0.05, 0) is 37.8 Å². The van der Waals surface area contributed by atoms with Crippen LogP contribution in [0.15, 0.2) is 40.9 Å². The molecule has 3 nitrogen and oxygen atoms in total. The lowest BCUT2D eigenvalue weighted by Gasteiger charge is -2.35. The molecule has 1 unspecified atom stereocenters. The van der Waals surface area contributed by atoms with Crippen molar-refractivity contribution in [1.29, 1.82) is 0 Å². The highest BCUT2D eigenvalue weighted by atomic mass is 16.5. The number of aryl methyl sites for hydroxylation is 2. The van der Waals surface area contributed by atoms with Crippen LogP contribution in [0.4, 0.5) is 0 Å². The molecule has 3 heteroatoms. The molecule has 0 aliphatic carbocycles. The number of aromatic nitrogens is 1. The first-order chi connectivity index (χ1) is 10.7. The van der Waals surface area contributed by atoms with Crippen LogP contribution >= 0.6 is 0 Å². The summed E-state index contributed by atoms with van der Waals surface area (Å²) < 4.78 is 5.34. The molecule has 1 atom stereocenters. The maximum atomic E-state index is 5.34. The van der Waals surface area contributed by atoms with Gasteiger partial charge in [0.25, 0.3) is 0 Å². The van der Waals surface area contributed by atoms with Crippen molar-refractivity contribution < 1.29 is 4.52 Å². The minimum Gasteiger partial charge on any atom is -0.361 e. The van der Waals surface area contributed by atoms with Gasteiger partial charge < -0.3 is 4.52 Å². The molecule has 2 heterocycles. The van der Waals surface area contributed by atoms with E-state index in [9.17, 15) is 0 Å². The molecular formula is C19H24N2O. The van der Waals surface area contributed by atoms with Crippen molar-refractivity contribution in [3.05, 3.63) is 59.0 Å². The van der Waals surface area contributed by atoms with Gasteiger partial charge in [0.15, 0.2) is 0 Å². The zero-order valence-electron chi connectivity index (χ0n) is 13.7. The van der Waals surface area contributed by atoms with E-state index in [1.165, 1.54) is 16.7 Å². The van der Waals surface area contributed by atoms with Crippen LogP contribution in [-0.4, -0.2) is 22.6 Å². The standard InChI is InChI=1S/C19H24N2O/c1-4-18-12-17(19-14(2)20-22-15(19)3)10-11-21(18)13-16-8-6-5-7-9-16/h5-10,18H,4,11-13H2,1-3H3. The lowest BCUT2D eigenvalue weighted by Crippen LogP contribution is -2.37. The first-order valence-electron chi connectivity index (χ1n) is 8.09. The molecular weight excluding hydrogens is 272 g/mol. The van der Waals surface area contributed by atoms with Crippen LogP contribution in [0.25, 0.3) is 5.57 Å². The summed E-state index contributed by atoms with van der Waals surface area (Å²) >= 11 is 0. The van der Waals surface area contributed by atoms with Crippen molar-refractivity contribution in [2.45, 2.75) is 46.2 Å². The summed E-state index contributed by atoms with van der Waals surface area (Å²) in [4.78, 5) is 2.57. The van der Waals surface area contributed by atoms with Crippen LogP contribution in [-0.2, 0) is 6.54 Å². The van der Waals surface area contributed by atoms with E-state index in [0.717, 1.165) is 37.4 Å². The summed E-state index contributed by atoms with van der Waals surface area (Å²) in [5, 5.41) is 4.10. The molecule has 1 aromatic heterocycles. The maximum Gasteiger partial charge on any atom is 0.141 e. The Kier molecular flexibility index (Phi) is 4.44. The fourth-order valence-electron chi connectivity index (χ4n) is 3.40. The first-order valence-corrected chi connectivity index (χ1v) is 8.09. The van der Waals surface area contributed by atoms with Crippen LogP contribution < -0.4 is 0 Å². The molecule has 1 aromatic carbocycles. The van der Waals surface area contributed by atoms with Crippen molar-refractivity contribution in [2.24, 2.45) is 0 Å². The summed E-state index contributed by atoms with van der Waals surface area (Å²) in [5.74, 6) is 0.940. The third-order valence-corrected chi connectivity index (χ3v) is 4.60. The van der Waals surface area contributed by atoms with Gasteiger partial charge in [0.1, 0.15) is 5.76 Å². The summed E-state index contributed by atoms with van der Waals surface area (Å²) in [6.45, 7) is 8.33. The molecule has 116 valence electrons. The molecule has 0 fully saturated rings. The zero-order valence-corrected chi connectivity index (χ0v) is 13.7. The average molecular weight is 296 g/mol. The van der Waals surface area contributed by atoms with Gasteiger partial charge in [-0.15, -0.1) is 0 Å². The second kappa shape index (κ2) is 6.49. The molecule has 22 heavy (non-hydrogen) atoms. The van der Waals surface area contributed by atoms with Crippen LogP contribution in [0.1, 0.15) is 42.3 Å². The molecule has 3 rings (SSSR count). The first kappa shape index (κ1) is 15.0. The van der Waals surface area contributed by atoms with E-state index in [-0.39, 0.29) is 0 Å². The van der Waals surface area contributed by atoms with Crippen LogP contribution in [0.2, 0.25) is 0 Å². The molecule has 0 saturated heterocycles. The van der Waals surface area contributed by atoms with Gasteiger partial charge in [-0.3, -0.25) is 4.90 Å². The zero-order chi connectivity index (χ0) is 15.5. The van der Waals surface area contributed by atoms with Gasteiger partial charge in [0.05, 0.1) is 5.69 Å². The smallest absolute Gasteiger partial charge is 0.141 e. The minimum atomic E-state index is 0.578. The van der Waals surface area contributed by atoms with Crippen LogP contribution in [0, 0.1) is 13.8 Å². The molecule has 1 aliphatic rings. The van der Waals surface area contributed by atoms with E-state index in [2.05, 4.69) is 53.4 Å².